The average molecular weight is 300 g/mol. The Morgan fingerprint density at radius 2 is 2.00 bits per heavy atom. The number of carbonyl (C=O) groups is 1. The van der Waals surface area contributed by atoms with Crippen molar-refractivity contribution in [2.75, 3.05) is 0 Å². The minimum atomic E-state index is -4.94. The van der Waals surface area contributed by atoms with E-state index in [1.165, 1.54) is 6.20 Å². The lowest BCUT2D eigenvalue weighted by molar-refractivity contribution is -0.274. The van der Waals surface area contributed by atoms with E-state index in [1.54, 1.807) is 0 Å². The molecule has 0 saturated carbocycles. The Labute approximate surface area is 117 Å². The second-order valence-electron chi connectivity index (χ2n) is 4.64. The van der Waals surface area contributed by atoms with E-state index in [9.17, 15) is 18.0 Å². The van der Waals surface area contributed by atoms with Gasteiger partial charge in [-0.2, -0.15) is 0 Å². The highest BCUT2D eigenvalue weighted by molar-refractivity contribution is 5.94. The highest BCUT2D eigenvalue weighted by atomic mass is 19.4. The largest absolute Gasteiger partial charge is 0.573 e. The lowest BCUT2D eigenvalue weighted by atomic mass is 10.1. The molecular weight excluding hydrogens is 289 g/mol. The van der Waals surface area contributed by atoms with Crippen LogP contribution in [0.4, 0.5) is 13.2 Å². The van der Waals surface area contributed by atoms with Crippen LogP contribution in [-0.4, -0.2) is 27.4 Å². The molecule has 2 aromatic rings. The van der Waals surface area contributed by atoms with Crippen LogP contribution < -0.4 is 4.74 Å². The molecule has 0 radical (unpaired) electrons. The summed E-state index contributed by atoms with van der Waals surface area (Å²) in [5, 5.41) is 8.92. The van der Waals surface area contributed by atoms with Gasteiger partial charge in [0.25, 0.3) is 0 Å². The number of nitrogens with zero attached hydrogens (tertiary/aromatic N) is 2. The van der Waals surface area contributed by atoms with Gasteiger partial charge in [0.15, 0.2) is 5.75 Å². The first-order valence-corrected chi connectivity index (χ1v) is 5.97. The van der Waals surface area contributed by atoms with Crippen molar-refractivity contribution < 1.29 is 27.8 Å². The summed E-state index contributed by atoms with van der Waals surface area (Å²) in [5.74, 6) is -2.09. The second-order valence-corrected chi connectivity index (χ2v) is 4.64. The molecular formula is C13H11F3N2O3. The smallest absolute Gasteiger partial charge is 0.478 e. The molecule has 21 heavy (non-hydrogen) atoms. The number of alkyl halides is 3. The van der Waals surface area contributed by atoms with Crippen LogP contribution in [0, 0.1) is 0 Å². The Bertz CT molecular complexity index is 699. The van der Waals surface area contributed by atoms with Gasteiger partial charge < -0.3 is 9.84 Å². The molecule has 0 aliphatic rings. The van der Waals surface area contributed by atoms with Gasteiger partial charge in [-0.3, -0.25) is 4.98 Å². The fraction of sp³-hybridized carbons (Fsp3) is 0.308. The van der Waals surface area contributed by atoms with Gasteiger partial charge in [-0.1, -0.05) is 13.8 Å². The number of carboxylic acid groups (broad SMARTS) is 1. The summed E-state index contributed by atoms with van der Waals surface area (Å²) < 4.78 is 41.2. The number of hydrogen-bond acceptors (Lipinski definition) is 4. The lowest BCUT2D eigenvalue weighted by Crippen LogP contribution is -2.18. The molecule has 0 fully saturated rings. The molecule has 1 N–H and O–H groups in total. The fourth-order valence-electron chi connectivity index (χ4n) is 1.70. The van der Waals surface area contributed by atoms with Gasteiger partial charge in [0.2, 0.25) is 0 Å². The molecule has 2 rings (SSSR count). The molecule has 1 heterocycles. The van der Waals surface area contributed by atoms with Crippen LogP contribution in [0.3, 0.4) is 0 Å². The predicted molar refractivity (Wildman–Crippen MR) is 67.3 cm³/mol. The SMILES string of the molecule is CC(C)c1cnc2cc(C(=O)O)cc(OC(F)(F)F)c2n1. The minimum absolute atomic E-state index is 0.0264. The zero-order valence-corrected chi connectivity index (χ0v) is 11.1. The van der Waals surface area contributed by atoms with E-state index in [0.29, 0.717) is 5.69 Å². The van der Waals surface area contributed by atoms with E-state index in [2.05, 4.69) is 14.7 Å². The molecule has 0 atom stereocenters. The zero-order chi connectivity index (χ0) is 15.8. The molecule has 0 amide bonds. The van der Waals surface area contributed by atoms with Crippen molar-refractivity contribution in [3.63, 3.8) is 0 Å². The van der Waals surface area contributed by atoms with Crippen molar-refractivity contribution in [3.05, 3.63) is 29.6 Å². The summed E-state index contributed by atoms with van der Waals surface area (Å²) in [5.41, 5.74) is 0.0352. The van der Waals surface area contributed by atoms with Gasteiger partial charge in [-0.15, -0.1) is 13.2 Å². The van der Waals surface area contributed by atoms with E-state index in [-0.39, 0.29) is 22.5 Å². The van der Waals surface area contributed by atoms with E-state index >= 15 is 0 Å². The maximum absolute atomic E-state index is 12.4. The highest BCUT2D eigenvalue weighted by Gasteiger charge is 2.32. The number of carboxylic acids is 1. The van der Waals surface area contributed by atoms with E-state index in [1.807, 2.05) is 13.8 Å². The van der Waals surface area contributed by atoms with Gasteiger partial charge in [-0.05, 0) is 18.1 Å². The Morgan fingerprint density at radius 1 is 1.33 bits per heavy atom. The summed E-state index contributed by atoms with van der Waals surface area (Å²) in [4.78, 5) is 19.0. The Hall–Kier alpha value is -2.38. The van der Waals surface area contributed by atoms with Crippen LogP contribution >= 0.6 is 0 Å². The fourth-order valence-corrected chi connectivity index (χ4v) is 1.70. The predicted octanol–water partition coefficient (Wildman–Crippen LogP) is 3.35. The van der Waals surface area contributed by atoms with Crippen LogP contribution in [0.5, 0.6) is 5.75 Å². The normalized spacial score (nSPS) is 11.9. The third-order valence-electron chi connectivity index (χ3n) is 2.70. The van der Waals surface area contributed by atoms with Crippen LogP contribution in [0.15, 0.2) is 18.3 Å². The maximum Gasteiger partial charge on any atom is 0.573 e. The number of aromatic nitrogens is 2. The molecule has 0 spiro atoms. The number of hydrogen-bond donors (Lipinski definition) is 1. The van der Waals surface area contributed by atoms with Crippen molar-refractivity contribution >= 4 is 17.0 Å². The monoisotopic (exact) mass is 300 g/mol. The molecule has 0 aliphatic heterocycles. The molecule has 5 nitrogen and oxygen atoms in total. The third-order valence-corrected chi connectivity index (χ3v) is 2.70. The second kappa shape index (κ2) is 5.19. The molecule has 0 unspecified atom stereocenters. The van der Waals surface area contributed by atoms with Gasteiger partial charge in [0.05, 0.1) is 16.8 Å². The number of benzene rings is 1. The van der Waals surface area contributed by atoms with Crippen molar-refractivity contribution in [1.29, 1.82) is 0 Å². The van der Waals surface area contributed by atoms with Gasteiger partial charge in [0.1, 0.15) is 5.52 Å². The quantitative estimate of drug-likeness (QED) is 0.941. The summed E-state index contributed by atoms with van der Waals surface area (Å²) in [6.07, 6.45) is -3.55. The molecule has 1 aromatic heterocycles. The molecule has 0 saturated heterocycles. The number of fused-ring (bicyclic) bond motifs is 1. The summed E-state index contributed by atoms with van der Waals surface area (Å²) in [6, 6.07) is 1.94. The lowest BCUT2D eigenvalue weighted by Gasteiger charge is -2.13. The minimum Gasteiger partial charge on any atom is -0.478 e. The number of rotatable bonds is 3. The molecule has 112 valence electrons. The number of ether oxygens (including phenoxy) is 1. The summed E-state index contributed by atoms with van der Waals surface area (Å²) in [7, 11) is 0. The average Bonchev–Trinajstić information content (AvgIpc) is 2.35. The molecule has 8 heteroatoms. The highest BCUT2D eigenvalue weighted by Crippen LogP contribution is 2.31. The van der Waals surface area contributed by atoms with Crippen molar-refractivity contribution in [2.24, 2.45) is 0 Å². The van der Waals surface area contributed by atoms with Gasteiger partial charge >= 0.3 is 12.3 Å². The Morgan fingerprint density at radius 3 is 2.52 bits per heavy atom. The Kier molecular flexibility index (Phi) is 3.71. The van der Waals surface area contributed by atoms with Crippen molar-refractivity contribution in [3.8, 4) is 5.75 Å². The number of halogens is 3. The van der Waals surface area contributed by atoms with E-state index < -0.39 is 18.1 Å². The van der Waals surface area contributed by atoms with Crippen LogP contribution in [0.1, 0.15) is 35.8 Å². The van der Waals surface area contributed by atoms with Gasteiger partial charge in [0, 0.05) is 6.20 Å². The third kappa shape index (κ3) is 3.39. The topological polar surface area (TPSA) is 72.3 Å². The van der Waals surface area contributed by atoms with Crippen LogP contribution in [0.2, 0.25) is 0 Å². The molecule has 1 aromatic carbocycles. The van der Waals surface area contributed by atoms with Crippen molar-refractivity contribution in [1.82, 2.24) is 9.97 Å². The van der Waals surface area contributed by atoms with E-state index in [0.717, 1.165) is 12.1 Å². The van der Waals surface area contributed by atoms with Gasteiger partial charge in [-0.25, -0.2) is 9.78 Å². The maximum atomic E-state index is 12.4. The first-order valence-electron chi connectivity index (χ1n) is 5.97. The molecule has 0 aliphatic carbocycles. The van der Waals surface area contributed by atoms with E-state index in [4.69, 9.17) is 5.11 Å². The summed E-state index contributed by atoms with van der Waals surface area (Å²) >= 11 is 0. The summed E-state index contributed by atoms with van der Waals surface area (Å²) in [6.45, 7) is 3.62. The van der Waals surface area contributed by atoms with Crippen molar-refractivity contribution in [2.45, 2.75) is 26.1 Å². The first kappa shape index (κ1) is 15.0. The number of aromatic carboxylic acids is 1. The zero-order valence-electron chi connectivity index (χ0n) is 11.1. The van der Waals surface area contributed by atoms with Crippen LogP contribution in [0.25, 0.3) is 11.0 Å². The first-order chi connectivity index (χ1) is 9.67. The van der Waals surface area contributed by atoms with Crippen LogP contribution in [-0.2, 0) is 0 Å². The Balaban J connectivity index is 2.69. The standard InChI is InChI=1S/C13H11F3N2O3/c1-6(2)9-5-17-8-3-7(12(19)20)4-10(11(8)18-9)21-13(14,15)16/h3-6H,1-2H3,(H,19,20). The molecule has 0 bridgehead atoms.